The molecule has 2 aromatic rings. The molecule has 0 aliphatic carbocycles. The number of nitrogen functional groups attached to an aromatic ring is 1. The highest BCUT2D eigenvalue weighted by atomic mass is 16.5. The van der Waals surface area contributed by atoms with Crippen molar-refractivity contribution in [3.63, 3.8) is 0 Å². The summed E-state index contributed by atoms with van der Waals surface area (Å²) < 4.78 is 5.80. The smallest absolute Gasteiger partial charge is 0.121 e. The Kier molecular flexibility index (Phi) is 4.29. The molecule has 3 nitrogen and oxygen atoms in total. The van der Waals surface area contributed by atoms with Gasteiger partial charge in [-0.05, 0) is 43.7 Å². The van der Waals surface area contributed by atoms with Gasteiger partial charge in [-0.1, -0.05) is 19.1 Å². The lowest BCUT2D eigenvalue weighted by Gasteiger charge is -2.14. The zero-order valence-corrected chi connectivity index (χ0v) is 11.4. The summed E-state index contributed by atoms with van der Waals surface area (Å²) in [6.07, 6.45) is 1.22. The predicted molar refractivity (Wildman–Crippen MR) is 81.0 cm³/mol. The van der Waals surface area contributed by atoms with E-state index < -0.39 is 0 Å². The highest BCUT2D eigenvalue weighted by molar-refractivity contribution is 5.64. The third kappa shape index (κ3) is 3.91. The van der Waals surface area contributed by atoms with Gasteiger partial charge in [-0.15, -0.1) is 0 Å². The van der Waals surface area contributed by atoms with Crippen molar-refractivity contribution < 1.29 is 4.74 Å². The van der Waals surface area contributed by atoms with Crippen molar-refractivity contribution in [2.45, 2.75) is 26.4 Å². The minimum atomic E-state index is 0.225. The summed E-state index contributed by atoms with van der Waals surface area (Å²) >= 11 is 0. The Morgan fingerprint density at radius 2 is 1.79 bits per heavy atom. The van der Waals surface area contributed by atoms with Crippen LogP contribution in [0.25, 0.3) is 0 Å². The van der Waals surface area contributed by atoms with Crippen LogP contribution in [0.4, 0.5) is 17.1 Å². The van der Waals surface area contributed by atoms with Gasteiger partial charge in [0.25, 0.3) is 0 Å². The molecule has 0 aliphatic heterocycles. The monoisotopic (exact) mass is 256 g/mol. The summed E-state index contributed by atoms with van der Waals surface area (Å²) in [6.45, 7) is 4.18. The van der Waals surface area contributed by atoms with Crippen molar-refractivity contribution in [2.24, 2.45) is 0 Å². The maximum absolute atomic E-state index is 5.80. The van der Waals surface area contributed by atoms with E-state index in [2.05, 4.69) is 19.2 Å². The quantitative estimate of drug-likeness (QED) is 0.788. The third-order valence-electron chi connectivity index (χ3n) is 2.92. The molecule has 3 N–H and O–H groups in total. The van der Waals surface area contributed by atoms with E-state index in [0.717, 1.165) is 29.2 Å². The Bertz CT molecular complexity index is 540. The lowest BCUT2D eigenvalue weighted by atomic mass is 10.2. The van der Waals surface area contributed by atoms with Gasteiger partial charge in [0.05, 0.1) is 6.10 Å². The molecular formula is C16H20N2O. The number of benzene rings is 2. The molecule has 1 unspecified atom stereocenters. The van der Waals surface area contributed by atoms with Gasteiger partial charge in [-0.25, -0.2) is 0 Å². The van der Waals surface area contributed by atoms with Gasteiger partial charge in [0, 0.05) is 23.1 Å². The van der Waals surface area contributed by atoms with Crippen molar-refractivity contribution in [2.75, 3.05) is 11.1 Å². The Morgan fingerprint density at radius 1 is 1.11 bits per heavy atom. The summed E-state index contributed by atoms with van der Waals surface area (Å²) in [5, 5.41) is 3.32. The molecule has 0 amide bonds. The Hall–Kier alpha value is -2.16. The van der Waals surface area contributed by atoms with Crippen molar-refractivity contribution in [3.05, 3.63) is 48.5 Å². The molecule has 2 aromatic carbocycles. The molecule has 0 bridgehead atoms. The molecule has 0 aromatic heterocycles. The lowest BCUT2D eigenvalue weighted by Crippen LogP contribution is -2.09. The zero-order valence-electron chi connectivity index (χ0n) is 11.4. The molecular weight excluding hydrogens is 236 g/mol. The normalized spacial score (nSPS) is 11.9. The summed E-state index contributed by atoms with van der Waals surface area (Å²) in [5.41, 5.74) is 8.47. The molecule has 0 aliphatic rings. The molecule has 19 heavy (non-hydrogen) atoms. The number of ether oxygens (including phenoxy) is 1. The van der Waals surface area contributed by atoms with Crippen LogP contribution in [-0.2, 0) is 0 Å². The molecule has 1 atom stereocenters. The van der Waals surface area contributed by atoms with Crippen LogP contribution < -0.4 is 15.8 Å². The van der Waals surface area contributed by atoms with Crippen LogP contribution in [0.2, 0.25) is 0 Å². The number of hydrogen-bond acceptors (Lipinski definition) is 3. The third-order valence-corrected chi connectivity index (χ3v) is 2.92. The van der Waals surface area contributed by atoms with Crippen LogP contribution >= 0.6 is 0 Å². The average Bonchev–Trinajstić information content (AvgIpc) is 2.39. The largest absolute Gasteiger partial charge is 0.491 e. The van der Waals surface area contributed by atoms with Gasteiger partial charge in [0.1, 0.15) is 5.75 Å². The molecule has 0 spiro atoms. The average molecular weight is 256 g/mol. The fraction of sp³-hybridized carbons (Fsp3) is 0.250. The van der Waals surface area contributed by atoms with E-state index in [1.165, 1.54) is 0 Å². The molecule has 0 saturated carbocycles. The van der Waals surface area contributed by atoms with Crippen molar-refractivity contribution in [1.82, 2.24) is 0 Å². The summed E-state index contributed by atoms with van der Waals surface area (Å²) in [4.78, 5) is 0. The molecule has 0 fully saturated rings. The van der Waals surface area contributed by atoms with Gasteiger partial charge in [-0.3, -0.25) is 0 Å². The van der Waals surface area contributed by atoms with E-state index in [-0.39, 0.29) is 6.10 Å². The number of nitrogens with one attached hydrogen (secondary N) is 1. The number of rotatable bonds is 5. The van der Waals surface area contributed by atoms with Gasteiger partial charge < -0.3 is 15.8 Å². The Balaban J connectivity index is 2.10. The molecule has 0 heterocycles. The SMILES string of the molecule is CCC(C)Oc1cccc(Nc2cccc(N)c2)c1. The first kappa shape index (κ1) is 13.3. The standard InChI is InChI=1S/C16H20N2O/c1-3-12(2)19-16-9-5-8-15(11-16)18-14-7-4-6-13(17)10-14/h4-12,18H,3,17H2,1-2H3. The minimum Gasteiger partial charge on any atom is -0.491 e. The predicted octanol–water partition coefficient (Wildman–Crippen LogP) is 4.19. The zero-order chi connectivity index (χ0) is 13.7. The van der Waals surface area contributed by atoms with Gasteiger partial charge >= 0.3 is 0 Å². The maximum Gasteiger partial charge on any atom is 0.121 e. The van der Waals surface area contributed by atoms with Crippen LogP contribution in [0.3, 0.4) is 0 Å². The van der Waals surface area contributed by atoms with Crippen LogP contribution in [0.15, 0.2) is 48.5 Å². The maximum atomic E-state index is 5.80. The fourth-order valence-electron chi connectivity index (χ4n) is 1.75. The first-order chi connectivity index (χ1) is 9.17. The van der Waals surface area contributed by atoms with Gasteiger partial charge in [0.15, 0.2) is 0 Å². The molecule has 100 valence electrons. The minimum absolute atomic E-state index is 0.225. The van der Waals surface area contributed by atoms with E-state index in [0.29, 0.717) is 0 Å². The van der Waals surface area contributed by atoms with Crippen molar-refractivity contribution in [3.8, 4) is 5.75 Å². The number of anilines is 3. The van der Waals surface area contributed by atoms with E-state index in [1.54, 1.807) is 0 Å². The van der Waals surface area contributed by atoms with Gasteiger partial charge in [-0.2, -0.15) is 0 Å². The second kappa shape index (κ2) is 6.14. The first-order valence-corrected chi connectivity index (χ1v) is 6.56. The first-order valence-electron chi connectivity index (χ1n) is 6.56. The highest BCUT2D eigenvalue weighted by Gasteiger charge is 2.02. The number of nitrogens with two attached hydrogens (primary N) is 1. The Labute approximate surface area is 114 Å². The molecule has 3 heteroatoms. The summed E-state index contributed by atoms with van der Waals surface area (Å²) in [7, 11) is 0. The lowest BCUT2D eigenvalue weighted by molar-refractivity contribution is 0.217. The van der Waals surface area contributed by atoms with Crippen molar-refractivity contribution >= 4 is 17.1 Å². The molecule has 2 rings (SSSR count). The van der Waals surface area contributed by atoms with Crippen LogP contribution in [0, 0.1) is 0 Å². The molecule has 0 radical (unpaired) electrons. The summed E-state index contributed by atoms with van der Waals surface area (Å²) in [5.74, 6) is 0.878. The fourth-order valence-corrected chi connectivity index (χ4v) is 1.75. The van der Waals surface area contributed by atoms with Crippen molar-refractivity contribution in [1.29, 1.82) is 0 Å². The number of hydrogen-bond donors (Lipinski definition) is 2. The van der Waals surface area contributed by atoms with Crippen LogP contribution in [-0.4, -0.2) is 6.10 Å². The second-order valence-electron chi connectivity index (χ2n) is 4.62. The van der Waals surface area contributed by atoms with Gasteiger partial charge in [0.2, 0.25) is 0 Å². The van der Waals surface area contributed by atoms with E-state index in [9.17, 15) is 0 Å². The highest BCUT2D eigenvalue weighted by Crippen LogP contribution is 2.23. The van der Waals surface area contributed by atoms with Crippen LogP contribution in [0.5, 0.6) is 5.75 Å². The summed E-state index contributed by atoms with van der Waals surface area (Å²) in [6, 6.07) is 15.6. The second-order valence-corrected chi connectivity index (χ2v) is 4.62. The topological polar surface area (TPSA) is 47.3 Å². The molecule has 0 saturated heterocycles. The Morgan fingerprint density at radius 3 is 2.47 bits per heavy atom. The van der Waals surface area contributed by atoms with E-state index in [1.807, 2.05) is 48.5 Å². The van der Waals surface area contributed by atoms with E-state index >= 15 is 0 Å². The van der Waals surface area contributed by atoms with E-state index in [4.69, 9.17) is 10.5 Å². The van der Waals surface area contributed by atoms with Crippen LogP contribution in [0.1, 0.15) is 20.3 Å².